The molecule has 1 N–H and O–H groups in total. The number of nitrogens with one attached hydrogen (secondary N) is 1. The number of fused-ring (bicyclic) bond motifs is 2. The summed E-state index contributed by atoms with van der Waals surface area (Å²) in [5.41, 5.74) is 5.62. The van der Waals surface area contributed by atoms with E-state index in [-0.39, 0.29) is 63.8 Å². The molecule has 9 heteroatoms. The molecule has 0 saturated carbocycles. The van der Waals surface area contributed by atoms with Crippen molar-refractivity contribution in [3.8, 4) is 0 Å². The van der Waals surface area contributed by atoms with Gasteiger partial charge >= 0.3 is 51.4 Å². The molecule has 2 aliphatic carbocycles. The zero-order valence-corrected chi connectivity index (χ0v) is 21.8. The van der Waals surface area contributed by atoms with Crippen LogP contribution in [0.3, 0.4) is 0 Å². The largest absolute Gasteiger partial charge is 1.00 e. The molecule has 1 unspecified atom stereocenters. The van der Waals surface area contributed by atoms with Gasteiger partial charge in [0.1, 0.15) is 0 Å². The number of hydrogen-bond acceptors (Lipinski definition) is 4. The number of carbonyl (C=O) groups excluding carboxylic acids is 2. The Kier molecular flexibility index (Phi) is 8.06. The molecule has 0 aromatic heterocycles. The number of sulfonamides is 1. The van der Waals surface area contributed by atoms with Gasteiger partial charge in [0.2, 0.25) is 5.91 Å². The second kappa shape index (κ2) is 10.00. The fourth-order valence-electron chi connectivity index (χ4n) is 4.92. The van der Waals surface area contributed by atoms with E-state index in [1.54, 1.807) is 11.8 Å². The molecule has 1 saturated heterocycles. The fraction of sp³-hybridized carbons (Fsp3) is 0.619. The zero-order chi connectivity index (χ0) is 20.6. The van der Waals surface area contributed by atoms with Crippen molar-refractivity contribution in [1.29, 1.82) is 0 Å². The minimum absolute atomic E-state index is 0. The first-order valence-electron chi connectivity index (χ1n) is 10.6. The molecular weight excluding hydrogens is 429 g/mol. The molecule has 3 aliphatic rings. The van der Waals surface area contributed by atoms with Gasteiger partial charge in [-0.3, -0.25) is 9.59 Å². The van der Waals surface area contributed by atoms with E-state index >= 15 is 0 Å². The Hall–Kier alpha value is -0.454. The van der Waals surface area contributed by atoms with Gasteiger partial charge in [0.05, 0.1) is 5.25 Å². The topological polar surface area (TPSA) is 97.7 Å². The molecule has 0 spiro atoms. The Balaban J connectivity index is 0.00000256. The first-order valence-corrected chi connectivity index (χ1v) is 12.1. The molecule has 0 radical (unpaired) electrons. The van der Waals surface area contributed by atoms with Crippen LogP contribution in [0.1, 0.15) is 61.3 Å². The van der Waals surface area contributed by atoms with E-state index in [1.807, 2.05) is 0 Å². The van der Waals surface area contributed by atoms with Gasteiger partial charge in [0, 0.05) is 19.5 Å². The summed E-state index contributed by atoms with van der Waals surface area (Å²) >= 11 is 0. The van der Waals surface area contributed by atoms with Crippen LogP contribution >= 0.6 is 0 Å². The van der Waals surface area contributed by atoms with Gasteiger partial charge in [0.15, 0.2) is 16.1 Å². The molecule has 30 heavy (non-hydrogen) atoms. The van der Waals surface area contributed by atoms with Gasteiger partial charge in [0.25, 0.3) is 0 Å². The van der Waals surface area contributed by atoms with Gasteiger partial charge in [-0.05, 0) is 79.3 Å². The van der Waals surface area contributed by atoms with Crippen molar-refractivity contribution < 1.29 is 69.4 Å². The van der Waals surface area contributed by atoms with Crippen LogP contribution in [0.25, 0.3) is 4.72 Å². The molecule has 158 valence electrons. The summed E-state index contributed by atoms with van der Waals surface area (Å²) in [5, 5.41) is 2.00. The second-order valence-electron chi connectivity index (χ2n) is 8.23. The number of piperidine rings is 1. The number of urea groups is 1. The number of anilines is 1. The smallest absolute Gasteiger partial charge is 0.423 e. The van der Waals surface area contributed by atoms with Crippen LogP contribution in [0.4, 0.5) is 10.5 Å². The Bertz CT molecular complexity index is 916. The number of amides is 3. The van der Waals surface area contributed by atoms with Crippen LogP contribution in [0.5, 0.6) is 0 Å². The molecule has 1 atom stereocenters. The molecule has 1 aromatic carbocycles. The first kappa shape index (κ1) is 24.2. The Labute approximate surface area is 221 Å². The van der Waals surface area contributed by atoms with Crippen molar-refractivity contribution in [2.45, 2.75) is 70.0 Å². The molecule has 1 aromatic rings. The van der Waals surface area contributed by atoms with E-state index in [2.05, 4.69) is 16.1 Å². The summed E-state index contributed by atoms with van der Waals surface area (Å²) in [6, 6.07) is 1.44. The maximum atomic E-state index is 12.7. The van der Waals surface area contributed by atoms with Crippen molar-refractivity contribution in [1.82, 2.24) is 4.90 Å². The zero-order valence-electron chi connectivity index (χ0n) is 17.9. The predicted molar refractivity (Wildman–Crippen MR) is 112 cm³/mol. The van der Waals surface area contributed by atoms with Gasteiger partial charge < -0.3 is 14.9 Å². The van der Waals surface area contributed by atoms with Gasteiger partial charge in [-0.2, -0.15) is 0 Å². The third kappa shape index (κ3) is 4.96. The normalized spacial score (nSPS) is 20.2. The molecular formula is C21H28KN3O4S. The van der Waals surface area contributed by atoms with E-state index in [1.165, 1.54) is 11.1 Å². The van der Waals surface area contributed by atoms with E-state index < -0.39 is 21.3 Å². The standard InChI is InChI=1S/C21H29N3O4S.K/c1-2-19(25)24-11-5-8-16(13-24)29(27,28)23-21(26)22-20-17-9-3-6-14(17)12-15-7-4-10-18(15)20;/h12,16H,2-11,13H2,1H3,(H2,22,23,26);/q;+1/p-1. The maximum Gasteiger partial charge on any atom is 1.00 e. The third-order valence-electron chi connectivity index (χ3n) is 6.37. The van der Waals surface area contributed by atoms with Crippen LogP contribution < -0.4 is 56.7 Å². The SMILES string of the molecule is CCC(=O)N1CCCC(S(=O)(=O)[N-]C(=O)Nc2c3c(cc4c2CCC4)CCC3)C1.[K+]. The second-order valence-corrected chi connectivity index (χ2v) is 10.1. The summed E-state index contributed by atoms with van der Waals surface area (Å²) in [6.07, 6.45) is 7.29. The van der Waals surface area contributed by atoms with Crippen LogP contribution in [0.15, 0.2) is 6.07 Å². The number of likely N-dealkylation sites (tertiary alicyclic amines) is 1. The molecule has 1 aliphatic heterocycles. The predicted octanol–water partition coefficient (Wildman–Crippen LogP) is 0.304. The number of aryl methyl sites for hydroxylation is 2. The quantitative estimate of drug-likeness (QED) is 0.658. The monoisotopic (exact) mass is 457 g/mol. The van der Waals surface area contributed by atoms with Crippen molar-refractivity contribution in [2.24, 2.45) is 0 Å². The van der Waals surface area contributed by atoms with Gasteiger partial charge in [-0.25, -0.2) is 8.42 Å². The minimum Gasteiger partial charge on any atom is -0.423 e. The average molecular weight is 458 g/mol. The molecule has 0 bridgehead atoms. The average Bonchev–Trinajstić information content (AvgIpc) is 3.36. The molecule has 1 heterocycles. The van der Waals surface area contributed by atoms with Crippen molar-refractivity contribution in [3.05, 3.63) is 33.0 Å². The molecule has 4 rings (SSSR count). The summed E-state index contributed by atoms with van der Waals surface area (Å²) in [7, 11) is -3.99. The molecule has 3 amide bonds. The van der Waals surface area contributed by atoms with E-state index in [4.69, 9.17) is 0 Å². The Morgan fingerprint density at radius 1 is 1.10 bits per heavy atom. The van der Waals surface area contributed by atoms with Crippen molar-refractivity contribution in [2.75, 3.05) is 18.4 Å². The first-order chi connectivity index (χ1) is 13.9. The van der Waals surface area contributed by atoms with E-state index in [9.17, 15) is 18.0 Å². The van der Waals surface area contributed by atoms with E-state index in [0.717, 1.165) is 55.3 Å². The van der Waals surface area contributed by atoms with Crippen LogP contribution in [0.2, 0.25) is 0 Å². The summed E-state index contributed by atoms with van der Waals surface area (Å²) in [5.74, 6) is -0.0650. The van der Waals surface area contributed by atoms with Crippen LogP contribution in [0, 0.1) is 0 Å². The number of nitrogens with zero attached hydrogens (tertiary/aromatic N) is 2. The summed E-state index contributed by atoms with van der Waals surface area (Å²) < 4.78 is 29.1. The van der Waals surface area contributed by atoms with Crippen LogP contribution in [-0.2, 0) is 40.5 Å². The van der Waals surface area contributed by atoms with Crippen molar-refractivity contribution in [3.63, 3.8) is 0 Å². The number of carbonyl (C=O) groups is 2. The summed E-state index contributed by atoms with van der Waals surface area (Å²) in [4.78, 5) is 26.1. The van der Waals surface area contributed by atoms with Crippen molar-refractivity contribution >= 4 is 27.6 Å². The minimum atomic E-state index is -3.99. The van der Waals surface area contributed by atoms with Crippen LogP contribution in [-0.4, -0.2) is 43.6 Å². The molecule has 1 fully saturated rings. The van der Waals surface area contributed by atoms with Gasteiger partial charge in [-0.15, -0.1) is 0 Å². The maximum absolute atomic E-state index is 12.7. The van der Waals surface area contributed by atoms with E-state index in [0.29, 0.717) is 25.8 Å². The number of hydrogen-bond donors (Lipinski definition) is 1. The Morgan fingerprint density at radius 3 is 2.33 bits per heavy atom. The number of rotatable bonds is 4. The summed E-state index contributed by atoms with van der Waals surface area (Å²) in [6.45, 7) is 2.43. The third-order valence-corrected chi connectivity index (χ3v) is 8.02. The van der Waals surface area contributed by atoms with Gasteiger partial charge in [-0.1, -0.05) is 13.0 Å². The molecule has 7 nitrogen and oxygen atoms in total. The Morgan fingerprint density at radius 2 is 1.73 bits per heavy atom. The number of benzene rings is 1. The fourth-order valence-corrected chi connectivity index (χ4v) is 6.18.